The summed E-state index contributed by atoms with van der Waals surface area (Å²) in [5, 5.41) is 0. The van der Waals surface area contributed by atoms with E-state index in [1.807, 2.05) is 19.6 Å². The van der Waals surface area contributed by atoms with Gasteiger partial charge < -0.3 is 4.43 Å². The molecule has 0 saturated heterocycles. The van der Waals surface area contributed by atoms with Crippen LogP contribution in [0.25, 0.3) is 0 Å². The van der Waals surface area contributed by atoms with Crippen molar-refractivity contribution in [2.45, 2.75) is 19.6 Å². The molecular weight excluding hydrogens is 240 g/mol. The molecule has 0 bridgehead atoms. The minimum atomic E-state index is -1.76. The molecule has 5 heteroatoms. The molecule has 0 aromatic heterocycles. The fourth-order valence-electron chi connectivity index (χ4n) is 1.13. The summed E-state index contributed by atoms with van der Waals surface area (Å²) >= 11 is 0. The van der Waals surface area contributed by atoms with E-state index in [4.69, 9.17) is 4.43 Å². The number of hydrogen-bond donors (Lipinski definition) is 0. The first-order valence-corrected chi connectivity index (χ1v) is 8.56. The highest BCUT2D eigenvalue weighted by molar-refractivity contribution is 6.70. The Morgan fingerprint density at radius 2 is 2.00 bits per heavy atom. The van der Waals surface area contributed by atoms with Crippen LogP contribution in [0.5, 0.6) is 0 Å². The van der Waals surface area contributed by atoms with Crippen LogP contribution in [0.15, 0.2) is 35.7 Å². The van der Waals surface area contributed by atoms with Crippen LogP contribution in [0.1, 0.15) is 5.56 Å². The van der Waals surface area contributed by atoms with Crippen molar-refractivity contribution in [2.24, 2.45) is 4.99 Å². The highest BCUT2D eigenvalue weighted by Crippen LogP contribution is 2.11. The van der Waals surface area contributed by atoms with Gasteiger partial charge in [-0.05, 0) is 44.4 Å². The maximum atomic E-state index is 13.2. The summed E-state index contributed by atoms with van der Waals surface area (Å²) in [6, 6.07) is 3.18. The van der Waals surface area contributed by atoms with Crippen LogP contribution in [0, 0.1) is 11.6 Å². The monoisotopic (exact) mass is 255 g/mol. The van der Waals surface area contributed by atoms with Gasteiger partial charge in [-0.15, -0.1) is 0 Å². The van der Waals surface area contributed by atoms with Gasteiger partial charge >= 0.3 is 0 Å². The number of halogens is 2. The third kappa shape index (κ3) is 4.91. The standard InChI is InChI=1S/C12H15F2NOSi/c1-9(16-17(2,3)4)15-8-10-7-11(13)5-6-12(10)14/h5-8H,1H2,2-4H3. The molecule has 1 aromatic carbocycles. The van der Waals surface area contributed by atoms with Crippen molar-refractivity contribution >= 4 is 14.5 Å². The first kappa shape index (κ1) is 13.6. The summed E-state index contributed by atoms with van der Waals surface area (Å²) in [7, 11) is -1.76. The second-order valence-corrected chi connectivity index (χ2v) is 8.96. The molecule has 0 amide bonds. The van der Waals surface area contributed by atoms with Crippen molar-refractivity contribution in [1.29, 1.82) is 0 Å². The fraction of sp³-hybridized carbons (Fsp3) is 0.250. The van der Waals surface area contributed by atoms with Gasteiger partial charge in [-0.1, -0.05) is 0 Å². The van der Waals surface area contributed by atoms with Crippen LogP contribution in [0.2, 0.25) is 19.6 Å². The molecule has 0 saturated carbocycles. The first-order chi connectivity index (χ1) is 7.78. The molecule has 0 aliphatic heterocycles. The summed E-state index contributed by atoms with van der Waals surface area (Å²) in [6.45, 7) is 9.55. The summed E-state index contributed by atoms with van der Waals surface area (Å²) in [6.07, 6.45) is 1.21. The molecule has 0 fully saturated rings. The van der Waals surface area contributed by atoms with Crippen LogP contribution in [-0.2, 0) is 4.43 Å². The van der Waals surface area contributed by atoms with Crippen molar-refractivity contribution in [1.82, 2.24) is 0 Å². The number of aliphatic imine (C=N–C) groups is 1. The average molecular weight is 255 g/mol. The first-order valence-electron chi connectivity index (χ1n) is 5.15. The smallest absolute Gasteiger partial charge is 0.244 e. The van der Waals surface area contributed by atoms with Gasteiger partial charge in [0.1, 0.15) is 11.6 Å². The topological polar surface area (TPSA) is 21.6 Å². The third-order valence-electron chi connectivity index (χ3n) is 1.73. The minimum Gasteiger partial charge on any atom is -0.532 e. The zero-order valence-corrected chi connectivity index (χ0v) is 11.1. The van der Waals surface area contributed by atoms with Crippen LogP contribution >= 0.6 is 0 Å². The molecule has 2 nitrogen and oxygen atoms in total. The highest BCUT2D eigenvalue weighted by Gasteiger charge is 2.16. The molecular formula is C12H15F2NOSi. The number of hydrogen-bond acceptors (Lipinski definition) is 2. The lowest BCUT2D eigenvalue weighted by molar-refractivity contribution is 0.421. The molecule has 0 heterocycles. The van der Waals surface area contributed by atoms with E-state index in [2.05, 4.69) is 11.6 Å². The second-order valence-electron chi connectivity index (χ2n) is 4.53. The number of benzene rings is 1. The molecule has 0 atom stereocenters. The summed E-state index contributed by atoms with van der Waals surface area (Å²) < 4.78 is 31.6. The van der Waals surface area contributed by atoms with E-state index in [9.17, 15) is 8.78 Å². The van der Waals surface area contributed by atoms with Crippen molar-refractivity contribution < 1.29 is 13.2 Å². The Morgan fingerprint density at radius 3 is 2.59 bits per heavy atom. The van der Waals surface area contributed by atoms with Crippen LogP contribution in [0.4, 0.5) is 8.78 Å². The van der Waals surface area contributed by atoms with Gasteiger partial charge in [0, 0.05) is 11.8 Å². The van der Waals surface area contributed by atoms with E-state index in [1.165, 1.54) is 6.21 Å². The Morgan fingerprint density at radius 1 is 1.35 bits per heavy atom. The fourth-order valence-corrected chi connectivity index (χ4v) is 1.89. The van der Waals surface area contributed by atoms with Gasteiger partial charge in [-0.2, -0.15) is 0 Å². The van der Waals surface area contributed by atoms with E-state index in [1.54, 1.807) is 0 Å². The lowest BCUT2D eigenvalue weighted by atomic mass is 10.2. The largest absolute Gasteiger partial charge is 0.532 e. The van der Waals surface area contributed by atoms with E-state index < -0.39 is 20.0 Å². The Hall–Kier alpha value is -1.49. The molecule has 17 heavy (non-hydrogen) atoms. The van der Waals surface area contributed by atoms with Gasteiger partial charge in [-0.25, -0.2) is 13.8 Å². The predicted molar refractivity (Wildman–Crippen MR) is 67.5 cm³/mol. The number of rotatable bonds is 4. The quantitative estimate of drug-likeness (QED) is 0.456. The van der Waals surface area contributed by atoms with Gasteiger partial charge in [-0.3, -0.25) is 0 Å². The zero-order chi connectivity index (χ0) is 13.1. The Kier molecular flexibility index (Phi) is 4.17. The molecule has 0 radical (unpaired) electrons. The predicted octanol–water partition coefficient (Wildman–Crippen LogP) is 3.71. The Bertz CT molecular complexity index is 452. The van der Waals surface area contributed by atoms with Crippen molar-refractivity contribution in [3.05, 3.63) is 47.9 Å². The van der Waals surface area contributed by atoms with Crippen LogP contribution in [0.3, 0.4) is 0 Å². The summed E-state index contributed by atoms with van der Waals surface area (Å²) in [4.78, 5) is 3.87. The molecule has 92 valence electrons. The summed E-state index contributed by atoms with van der Waals surface area (Å²) in [5.41, 5.74) is 0.0744. The SMILES string of the molecule is C=C(N=Cc1cc(F)ccc1F)O[Si](C)(C)C. The second kappa shape index (κ2) is 5.22. The van der Waals surface area contributed by atoms with Crippen molar-refractivity contribution in [3.8, 4) is 0 Å². The van der Waals surface area contributed by atoms with Gasteiger partial charge in [0.25, 0.3) is 0 Å². The van der Waals surface area contributed by atoms with Gasteiger partial charge in [0.15, 0.2) is 5.88 Å². The molecule has 0 aliphatic carbocycles. The maximum absolute atomic E-state index is 13.2. The van der Waals surface area contributed by atoms with Gasteiger partial charge in [0.2, 0.25) is 8.32 Å². The molecule has 1 rings (SSSR count). The average Bonchev–Trinajstić information content (AvgIpc) is 2.17. The van der Waals surface area contributed by atoms with Crippen molar-refractivity contribution in [2.75, 3.05) is 0 Å². The summed E-state index contributed by atoms with van der Waals surface area (Å²) in [5.74, 6) is -0.826. The van der Waals surface area contributed by atoms with E-state index in [0.29, 0.717) is 0 Å². The maximum Gasteiger partial charge on any atom is 0.244 e. The lowest BCUT2D eigenvalue weighted by Gasteiger charge is -2.17. The van der Waals surface area contributed by atoms with Crippen LogP contribution < -0.4 is 0 Å². The molecule has 0 spiro atoms. The highest BCUT2D eigenvalue weighted by atomic mass is 28.4. The normalized spacial score (nSPS) is 11.8. The molecule has 0 N–H and O–H groups in total. The van der Waals surface area contributed by atoms with Gasteiger partial charge in [0.05, 0.1) is 0 Å². The Balaban J connectivity index is 2.77. The zero-order valence-electron chi connectivity index (χ0n) is 10.1. The van der Waals surface area contributed by atoms with Crippen LogP contribution in [-0.4, -0.2) is 14.5 Å². The Labute approximate surface area is 101 Å². The number of nitrogens with zero attached hydrogens (tertiary/aromatic N) is 1. The molecule has 1 aromatic rings. The molecule has 0 unspecified atom stereocenters. The third-order valence-corrected chi connectivity index (χ3v) is 2.58. The van der Waals surface area contributed by atoms with E-state index in [-0.39, 0.29) is 11.4 Å². The molecule has 0 aliphatic rings. The van der Waals surface area contributed by atoms with E-state index >= 15 is 0 Å². The minimum absolute atomic E-state index is 0.0744. The van der Waals surface area contributed by atoms with E-state index in [0.717, 1.165) is 18.2 Å². The lowest BCUT2D eigenvalue weighted by Crippen LogP contribution is -2.24. The van der Waals surface area contributed by atoms with Crippen molar-refractivity contribution in [3.63, 3.8) is 0 Å².